The third-order valence-electron chi connectivity index (χ3n) is 2.96. The van der Waals surface area contributed by atoms with E-state index < -0.39 is 0 Å². The molecule has 1 aliphatic rings. The molecule has 3 nitrogen and oxygen atoms in total. The van der Waals surface area contributed by atoms with Gasteiger partial charge < -0.3 is 5.32 Å². The van der Waals surface area contributed by atoms with Crippen molar-refractivity contribution in [2.24, 2.45) is 0 Å². The minimum atomic E-state index is 0.546. The van der Waals surface area contributed by atoms with E-state index in [1.165, 1.54) is 25.7 Å². The van der Waals surface area contributed by atoms with Crippen molar-refractivity contribution < 1.29 is 0 Å². The fraction of sp³-hybridized carbons (Fsp3) is 0.636. The SMILES string of the molecule is CSC1CCC(Nc2ncc(Br)cn2)CC1. The molecule has 1 N–H and O–H groups in total. The van der Waals surface area contributed by atoms with E-state index in [0.717, 1.165) is 15.7 Å². The van der Waals surface area contributed by atoms with Crippen LogP contribution >= 0.6 is 27.7 Å². The lowest BCUT2D eigenvalue weighted by Crippen LogP contribution is -2.27. The first-order valence-electron chi connectivity index (χ1n) is 5.55. The average Bonchev–Trinajstić information content (AvgIpc) is 2.33. The lowest BCUT2D eigenvalue weighted by Gasteiger charge is -2.27. The number of anilines is 1. The second-order valence-corrected chi connectivity index (χ2v) is 6.13. The van der Waals surface area contributed by atoms with Gasteiger partial charge in [-0.1, -0.05) is 0 Å². The highest BCUT2D eigenvalue weighted by molar-refractivity contribution is 9.10. The van der Waals surface area contributed by atoms with Gasteiger partial charge in [0.25, 0.3) is 0 Å². The first kappa shape index (κ1) is 12.2. The standard InChI is InChI=1S/C11H16BrN3S/c1-16-10-4-2-9(3-5-10)15-11-13-6-8(12)7-14-11/h6-7,9-10H,2-5H2,1H3,(H,13,14,15). The van der Waals surface area contributed by atoms with Gasteiger partial charge in [0.2, 0.25) is 5.95 Å². The molecule has 1 aliphatic carbocycles. The quantitative estimate of drug-likeness (QED) is 0.929. The van der Waals surface area contributed by atoms with Crippen molar-refractivity contribution in [3.63, 3.8) is 0 Å². The van der Waals surface area contributed by atoms with Gasteiger partial charge in [-0.15, -0.1) is 0 Å². The summed E-state index contributed by atoms with van der Waals surface area (Å²) in [5.74, 6) is 0.746. The molecule has 1 saturated carbocycles. The summed E-state index contributed by atoms with van der Waals surface area (Å²) in [6.45, 7) is 0. The number of halogens is 1. The fourth-order valence-electron chi connectivity index (χ4n) is 2.01. The predicted octanol–water partition coefficient (Wildman–Crippen LogP) is 3.33. The lowest BCUT2D eigenvalue weighted by atomic mass is 9.95. The van der Waals surface area contributed by atoms with Crippen LogP contribution in [0.15, 0.2) is 16.9 Å². The van der Waals surface area contributed by atoms with Crippen LogP contribution in [0.3, 0.4) is 0 Å². The van der Waals surface area contributed by atoms with Gasteiger partial charge in [-0.25, -0.2) is 9.97 Å². The number of aromatic nitrogens is 2. The monoisotopic (exact) mass is 301 g/mol. The highest BCUT2D eigenvalue weighted by atomic mass is 79.9. The van der Waals surface area contributed by atoms with Gasteiger partial charge in [0.1, 0.15) is 0 Å². The van der Waals surface area contributed by atoms with Gasteiger partial charge in [-0.3, -0.25) is 0 Å². The Balaban J connectivity index is 1.84. The molecule has 1 fully saturated rings. The molecule has 16 heavy (non-hydrogen) atoms. The zero-order valence-electron chi connectivity index (χ0n) is 9.32. The number of nitrogens with zero attached hydrogens (tertiary/aromatic N) is 2. The second kappa shape index (κ2) is 5.87. The van der Waals surface area contributed by atoms with Crippen LogP contribution in [0.1, 0.15) is 25.7 Å². The molecular formula is C11H16BrN3S. The third-order valence-corrected chi connectivity index (χ3v) is 4.51. The summed E-state index contributed by atoms with van der Waals surface area (Å²) < 4.78 is 0.921. The van der Waals surface area contributed by atoms with Crippen LogP contribution in [0.25, 0.3) is 0 Å². The van der Waals surface area contributed by atoms with Gasteiger partial charge >= 0.3 is 0 Å². The minimum Gasteiger partial charge on any atom is -0.351 e. The van der Waals surface area contributed by atoms with Crippen LogP contribution in [0.5, 0.6) is 0 Å². The summed E-state index contributed by atoms with van der Waals surface area (Å²) >= 11 is 5.32. The Kier molecular flexibility index (Phi) is 4.46. The van der Waals surface area contributed by atoms with Gasteiger partial charge in [0.15, 0.2) is 0 Å². The van der Waals surface area contributed by atoms with Crippen molar-refractivity contribution in [1.82, 2.24) is 9.97 Å². The second-order valence-electron chi connectivity index (χ2n) is 4.08. The highest BCUT2D eigenvalue weighted by Crippen LogP contribution is 2.28. The van der Waals surface area contributed by atoms with E-state index in [0.29, 0.717) is 6.04 Å². The smallest absolute Gasteiger partial charge is 0.222 e. The molecule has 1 aromatic heterocycles. The summed E-state index contributed by atoms with van der Waals surface area (Å²) in [6, 6.07) is 0.546. The molecule has 0 aromatic carbocycles. The number of hydrogen-bond donors (Lipinski definition) is 1. The van der Waals surface area contributed by atoms with Crippen LogP contribution in [0, 0.1) is 0 Å². The van der Waals surface area contributed by atoms with Crippen molar-refractivity contribution in [2.45, 2.75) is 37.0 Å². The third kappa shape index (κ3) is 3.35. The molecular weight excluding hydrogens is 286 g/mol. The Morgan fingerprint density at radius 3 is 2.44 bits per heavy atom. The van der Waals surface area contributed by atoms with Crippen molar-refractivity contribution in [1.29, 1.82) is 0 Å². The Bertz CT molecular complexity index is 323. The van der Waals surface area contributed by atoms with E-state index in [1.807, 2.05) is 11.8 Å². The van der Waals surface area contributed by atoms with E-state index in [9.17, 15) is 0 Å². The molecule has 0 unspecified atom stereocenters. The molecule has 0 amide bonds. The van der Waals surface area contributed by atoms with Crippen LogP contribution < -0.4 is 5.32 Å². The number of hydrogen-bond acceptors (Lipinski definition) is 4. The number of rotatable bonds is 3. The van der Waals surface area contributed by atoms with Crippen molar-refractivity contribution >= 4 is 33.6 Å². The lowest BCUT2D eigenvalue weighted by molar-refractivity contribution is 0.471. The van der Waals surface area contributed by atoms with E-state index in [4.69, 9.17) is 0 Å². The van der Waals surface area contributed by atoms with Gasteiger partial charge in [0, 0.05) is 23.7 Å². The molecule has 0 saturated heterocycles. The van der Waals surface area contributed by atoms with E-state index >= 15 is 0 Å². The topological polar surface area (TPSA) is 37.8 Å². The number of nitrogens with one attached hydrogen (secondary N) is 1. The maximum Gasteiger partial charge on any atom is 0.222 e. The molecule has 0 spiro atoms. The molecule has 5 heteroatoms. The minimum absolute atomic E-state index is 0.546. The van der Waals surface area contributed by atoms with E-state index in [-0.39, 0.29) is 0 Å². The van der Waals surface area contributed by atoms with Crippen LogP contribution in [-0.4, -0.2) is 27.5 Å². The summed E-state index contributed by atoms with van der Waals surface area (Å²) in [6.07, 6.45) is 10.8. The maximum atomic E-state index is 4.24. The molecule has 0 radical (unpaired) electrons. The average molecular weight is 302 g/mol. The molecule has 1 heterocycles. The summed E-state index contributed by atoms with van der Waals surface area (Å²) in [7, 11) is 0. The normalized spacial score (nSPS) is 25.4. The van der Waals surface area contributed by atoms with Gasteiger partial charge in [0.05, 0.1) is 4.47 Å². The molecule has 88 valence electrons. The zero-order valence-corrected chi connectivity index (χ0v) is 11.7. The van der Waals surface area contributed by atoms with Crippen LogP contribution in [0.2, 0.25) is 0 Å². The molecule has 0 bridgehead atoms. The molecule has 2 rings (SSSR count). The maximum absolute atomic E-state index is 4.24. The molecule has 0 aliphatic heterocycles. The van der Waals surface area contributed by atoms with Crippen LogP contribution in [0.4, 0.5) is 5.95 Å². The number of thioether (sulfide) groups is 1. The Labute approximate surface area is 109 Å². The first-order valence-corrected chi connectivity index (χ1v) is 7.63. The summed E-state index contributed by atoms with van der Waals surface area (Å²) in [5, 5.41) is 4.25. The fourth-order valence-corrected chi connectivity index (χ4v) is 2.96. The Morgan fingerprint density at radius 2 is 1.88 bits per heavy atom. The zero-order chi connectivity index (χ0) is 11.4. The largest absolute Gasteiger partial charge is 0.351 e. The highest BCUT2D eigenvalue weighted by Gasteiger charge is 2.20. The summed E-state index contributed by atoms with van der Waals surface area (Å²) in [5.41, 5.74) is 0. The Morgan fingerprint density at radius 1 is 1.25 bits per heavy atom. The van der Waals surface area contributed by atoms with Crippen molar-refractivity contribution in [3.05, 3.63) is 16.9 Å². The first-order chi connectivity index (χ1) is 7.78. The van der Waals surface area contributed by atoms with Crippen molar-refractivity contribution in [3.8, 4) is 0 Å². The molecule has 0 atom stereocenters. The van der Waals surface area contributed by atoms with Crippen LogP contribution in [-0.2, 0) is 0 Å². The van der Waals surface area contributed by atoms with E-state index in [2.05, 4.69) is 37.5 Å². The van der Waals surface area contributed by atoms with Crippen molar-refractivity contribution in [2.75, 3.05) is 11.6 Å². The summed E-state index contributed by atoms with van der Waals surface area (Å²) in [4.78, 5) is 8.47. The van der Waals surface area contributed by atoms with Gasteiger partial charge in [-0.05, 0) is 47.9 Å². The van der Waals surface area contributed by atoms with Gasteiger partial charge in [-0.2, -0.15) is 11.8 Å². The Hall–Kier alpha value is -0.290. The predicted molar refractivity (Wildman–Crippen MR) is 72.9 cm³/mol. The van der Waals surface area contributed by atoms with E-state index in [1.54, 1.807) is 12.4 Å². The molecule has 1 aromatic rings.